The molecular weight excluding hydrogens is 250 g/mol. The molecule has 2 aliphatic rings. The largest absolute Gasteiger partial charge is 0.461 e. The maximum atomic E-state index is 12.2. The molecule has 2 fully saturated rings. The van der Waals surface area contributed by atoms with Gasteiger partial charge in [0.15, 0.2) is 0 Å². The van der Waals surface area contributed by atoms with E-state index in [1.165, 1.54) is 6.42 Å². The summed E-state index contributed by atoms with van der Waals surface area (Å²) in [7, 11) is 0. The van der Waals surface area contributed by atoms with Crippen LogP contribution in [-0.2, 0) is 4.79 Å². The molecule has 3 heteroatoms. The molecule has 0 aromatic carbocycles. The van der Waals surface area contributed by atoms with Gasteiger partial charge in [-0.1, -0.05) is 6.92 Å². The van der Waals surface area contributed by atoms with Gasteiger partial charge in [0.05, 0.1) is 0 Å². The molecule has 0 N–H and O–H groups in total. The van der Waals surface area contributed by atoms with Gasteiger partial charge >= 0.3 is 0 Å². The highest BCUT2D eigenvalue weighted by Crippen LogP contribution is 2.47. The van der Waals surface area contributed by atoms with Crippen LogP contribution in [0.4, 0.5) is 0 Å². The van der Waals surface area contributed by atoms with E-state index in [2.05, 4.69) is 20.8 Å². The first-order valence-corrected chi connectivity index (χ1v) is 7.66. The number of hydrogen-bond donors (Lipinski definition) is 0. The van der Waals surface area contributed by atoms with Crippen molar-refractivity contribution in [2.24, 2.45) is 5.92 Å². The van der Waals surface area contributed by atoms with E-state index in [9.17, 15) is 4.79 Å². The second kappa shape index (κ2) is 5.12. The predicted molar refractivity (Wildman–Crippen MR) is 79.3 cm³/mol. The Kier molecular flexibility index (Phi) is 3.45. The molecule has 0 bridgehead atoms. The van der Waals surface area contributed by atoms with Gasteiger partial charge in [0, 0.05) is 24.1 Å². The molecule has 1 heterocycles. The first-order valence-electron chi connectivity index (χ1n) is 7.66. The van der Waals surface area contributed by atoms with E-state index in [1.54, 1.807) is 12.2 Å². The predicted octanol–water partition coefficient (Wildman–Crippen LogP) is 3.82. The number of hydrogen-bond acceptors (Lipinski definition) is 2. The molecule has 3 rings (SSSR count). The summed E-state index contributed by atoms with van der Waals surface area (Å²) in [6.07, 6.45) is 6.96. The Morgan fingerprint density at radius 1 is 1.40 bits per heavy atom. The van der Waals surface area contributed by atoms with Crippen LogP contribution in [0.25, 0.3) is 6.08 Å². The Balaban J connectivity index is 1.64. The molecule has 0 radical (unpaired) electrons. The fourth-order valence-electron chi connectivity index (χ4n) is 2.82. The maximum absolute atomic E-state index is 12.2. The summed E-state index contributed by atoms with van der Waals surface area (Å²) in [4.78, 5) is 14.2. The van der Waals surface area contributed by atoms with E-state index in [4.69, 9.17) is 4.42 Å². The Hall–Kier alpha value is -1.51. The van der Waals surface area contributed by atoms with Crippen LogP contribution in [0.1, 0.15) is 57.5 Å². The lowest BCUT2D eigenvalue weighted by atomic mass is 10.2. The van der Waals surface area contributed by atoms with Crippen molar-refractivity contribution in [1.29, 1.82) is 0 Å². The Bertz CT molecular complexity index is 523. The lowest BCUT2D eigenvalue weighted by Gasteiger charge is -2.25. The van der Waals surface area contributed by atoms with Crippen LogP contribution in [0.3, 0.4) is 0 Å². The van der Waals surface area contributed by atoms with Gasteiger partial charge < -0.3 is 9.32 Å². The van der Waals surface area contributed by atoms with Crippen LogP contribution >= 0.6 is 0 Å². The summed E-state index contributed by atoms with van der Waals surface area (Å²) in [5, 5.41) is 0. The average molecular weight is 273 g/mol. The zero-order valence-electron chi connectivity index (χ0n) is 12.5. The highest BCUT2D eigenvalue weighted by molar-refractivity contribution is 5.92. The van der Waals surface area contributed by atoms with Crippen molar-refractivity contribution >= 4 is 12.0 Å². The van der Waals surface area contributed by atoms with Gasteiger partial charge in [0.2, 0.25) is 5.91 Å². The minimum absolute atomic E-state index is 0.0974. The minimum Gasteiger partial charge on any atom is -0.461 e. The molecule has 108 valence electrons. The molecule has 1 aromatic heterocycles. The van der Waals surface area contributed by atoms with Crippen LogP contribution < -0.4 is 0 Å². The summed E-state index contributed by atoms with van der Waals surface area (Å²) in [5.41, 5.74) is 0. The first kappa shape index (κ1) is 13.5. The van der Waals surface area contributed by atoms with E-state index in [1.807, 2.05) is 17.0 Å². The van der Waals surface area contributed by atoms with E-state index in [-0.39, 0.29) is 11.9 Å². The van der Waals surface area contributed by atoms with Crippen molar-refractivity contribution < 1.29 is 9.21 Å². The third-order valence-electron chi connectivity index (χ3n) is 4.26. The van der Waals surface area contributed by atoms with Crippen molar-refractivity contribution in [1.82, 2.24) is 4.90 Å². The molecule has 1 aromatic rings. The van der Waals surface area contributed by atoms with Crippen LogP contribution in [-0.4, -0.2) is 22.9 Å². The van der Waals surface area contributed by atoms with Gasteiger partial charge in [-0.2, -0.15) is 0 Å². The second-order valence-electron chi connectivity index (χ2n) is 6.46. The van der Waals surface area contributed by atoms with Crippen molar-refractivity contribution in [3.8, 4) is 0 Å². The van der Waals surface area contributed by atoms with Gasteiger partial charge in [-0.05, 0) is 57.2 Å². The van der Waals surface area contributed by atoms with E-state index in [0.717, 1.165) is 30.3 Å². The van der Waals surface area contributed by atoms with Crippen LogP contribution in [0, 0.1) is 5.92 Å². The van der Waals surface area contributed by atoms with Crippen LogP contribution in [0.15, 0.2) is 22.6 Å². The fourth-order valence-corrected chi connectivity index (χ4v) is 2.82. The van der Waals surface area contributed by atoms with Gasteiger partial charge in [0.25, 0.3) is 0 Å². The number of furan rings is 1. The number of rotatable bonds is 5. The van der Waals surface area contributed by atoms with Crippen molar-refractivity contribution in [2.45, 2.75) is 58.0 Å². The average Bonchev–Trinajstić information content (AvgIpc) is 3.29. The van der Waals surface area contributed by atoms with Crippen molar-refractivity contribution in [2.75, 3.05) is 0 Å². The highest BCUT2D eigenvalue weighted by atomic mass is 16.3. The van der Waals surface area contributed by atoms with Crippen LogP contribution in [0.5, 0.6) is 0 Å². The topological polar surface area (TPSA) is 33.5 Å². The van der Waals surface area contributed by atoms with E-state index < -0.39 is 0 Å². The molecule has 0 saturated heterocycles. The highest BCUT2D eigenvalue weighted by Gasteiger charge is 2.36. The summed E-state index contributed by atoms with van der Waals surface area (Å²) < 4.78 is 5.79. The summed E-state index contributed by atoms with van der Waals surface area (Å²) >= 11 is 0. The van der Waals surface area contributed by atoms with Crippen LogP contribution in [0.2, 0.25) is 0 Å². The van der Waals surface area contributed by atoms with Gasteiger partial charge in [-0.15, -0.1) is 0 Å². The molecular formula is C17H23NO2. The number of nitrogens with zero attached hydrogens (tertiary/aromatic N) is 1. The Morgan fingerprint density at radius 2 is 2.10 bits per heavy atom. The van der Waals surface area contributed by atoms with Gasteiger partial charge in [-0.3, -0.25) is 4.79 Å². The normalized spacial score (nSPS) is 25.4. The van der Waals surface area contributed by atoms with E-state index >= 15 is 0 Å². The third-order valence-corrected chi connectivity index (χ3v) is 4.26. The molecule has 0 spiro atoms. The Morgan fingerprint density at radius 3 is 2.65 bits per heavy atom. The summed E-state index contributed by atoms with van der Waals surface area (Å²) in [5.74, 6) is 3.28. The molecule has 2 unspecified atom stereocenters. The minimum atomic E-state index is 0.0974. The van der Waals surface area contributed by atoms with E-state index in [0.29, 0.717) is 12.0 Å². The Labute approximate surface area is 120 Å². The molecule has 2 aliphatic carbocycles. The molecule has 2 saturated carbocycles. The number of carbonyl (C=O) groups excluding carboxylic acids is 1. The SMILES string of the molecule is CC1CC1c1ccc(/C=C/C(=O)N(C(C)C)C2CC2)o1. The summed E-state index contributed by atoms with van der Waals surface area (Å²) in [6.45, 7) is 6.38. The maximum Gasteiger partial charge on any atom is 0.247 e. The number of amides is 1. The molecule has 20 heavy (non-hydrogen) atoms. The zero-order chi connectivity index (χ0) is 14.3. The molecule has 1 amide bonds. The number of carbonyl (C=O) groups is 1. The molecule has 0 aliphatic heterocycles. The molecule has 2 atom stereocenters. The second-order valence-corrected chi connectivity index (χ2v) is 6.46. The van der Waals surface area contributed by atoms with Gasteiger partial charge in [-0.25, -0.2) is 0 Å². The zero-order valence-corrected chi connectivity index (χ0v) is 12.5. The van der Waals surface area contributed by atoms with Gasteiger partial charge in [0.1, 0.15) is 11.5 Å². The standard InChI is InChI=1S/C17H23NO2/c1-11(2)18(13-4-5-13)17(19)9-7-14-6-8-16(20-14)15-10-12(15)3/h6-9,11-13,15H,4-5,10H2,1-3H3/b9-7+. The third kappa shape index (κ3) is 2.82. The van der Waals surface area contributed by atoms with Crippen molar-refractivity contribution in [3.05, 3.63) is 29.7 Å². The van der Waals surface area contributed by atoms with Crippen molar-refractivity contribution in [3.63, 3.8) is 0 Å². The fraction of sp³-hybridized carbons (Fsp3) is 0.588. The first-order chi connectivity index (χ1) is 9.56. The lowest BCUT2D eigenvalue weighted by Crippen LogP contribution is -2.37. The smallest absolute Gasteiger partial charge is 0.247 e. The lowest BCUT2D eigenvalue weighted by molar-refractivity contribution is -0.128. The molecule has 3 nitrogen and oxygen atoms in total. The monoisotopic (exact) mass is 273 g/mol. The quantitative estimate of drug-likeness (QED) is 0.764. The summed E-state index contributed by atoms with van der Waals surface area (Å²) in [6, 6.07) is 4.71.